The third kappa shape index (κ3) is 2.54. The van der Waals surface area contributed by atoms with Gasteiger partial charge in [-0.15, -0.1) is 0 Å². The van der Waals surface area contributed by atoms with Crippen LogP contribution < -0.4 is 10.5 Å². The molecule has 3 N–H and O–H groups in total. The molecule has 0 amide bonds. The van der Waals surface area contributed by atoms with Gasteiger partial charge in [-0.2, -0.15) is 0 Å². The van der Waals surface area contributed by atoms with Crippen LogP contribution in [0.15, 0.2) is 18.2 Å². The summed E-state index contributed by atoms with van der Waals surface area (Å²) in [4.78, 5) is 0. The molecule has 2 saturated carbocycles. The maximum absolute atomic E-state index is 11.2. The molecule has 0 aromatic heterocycles. The number of hydrogen-bond acceptors (Lipinski definition) is 3. The van der Waals surface area contributed by atoms with Crippen molar-refractivity contribution in [2.24, 2.45) is 34.8 Å². The minimum Gasteiger partial charge on any atom is -0.497 e. The van der Waals surface area contributed by atoms with E-state index in [-0.39, 0.29) is 11.5 Å². The maximum Gasteiger partial charge on any atom is 0.119 e. The van der Waals surface area contributed by atoms with Crippen LogP contribution in [0.3, 0.4) is 0 Å². The Morgan fingerprint density at radius 3 is 2.84 bits per heavy atom. The predicted molar refractivity (Wildman–Crippen MR) is 101 cm³/mol. The first-order chi connectivity index (χ1) is 12.0. The van der Waals surface area contributed by atoms with Crippen molar-refractivity contribution in [1.82, 2.24) is 0 Å². The highest BCUT2D eigenvalue weighted by molar-refractivity contribution is 5.41. The van der Waals surface area contributed by atoms with Crippen LogP contribution in [0.5, 0.6) is 5.75 Å². The van der Waals surface area contributed by atoms with Gasteiger partial charge in [0.2, 0.25) is 0 Å². The van der Waals surface area contributed by atoms with Gasteiger partial charge in [0, 0.05) is 5.92 Å². The van der Waals surface area contributed by atoms with E-state index in [1.807, 2.05) is 0 Å². The number of aryl methyl sites for hydroxylation is 1. The molecule has 0 saturated heterocycles. The van der Waals surface area contributed by atoms with E-state index in [0.717, 1.165) is 31.1 Å². The number of rotatable bonds is 3. The Bertz CT molecular complexity index is 645. The van der Waals surface area contributed by atoms with Gasteiger partial charge in [-0.3, -0.25) is 0 Å². The van der Waals surface area contributed by atoms with Crippen molar-refractivity contribution in [3.05, 3.63) is 29.3 Å². The summed E-state index contributed by atoms with van der Waals surface area (Å²) in [5, 5.41) is 11.2. The molecule has 0 bridgehead atoms. The molecule has 2 fully saturated rings. The summed E-state index contributed by atoms with van der Waals surface area (Å²) in [6.07, 6.45) is 5.61. The minimum atomic E-state index is -0.232. The maximum atomic E-state index is 11.2. The van der Waals surface area contributed by atoms with Gasteiger partial charge in [0.15, 0.2) is 0 Å². The first kappa shape index (κ1) is 17.4. The van der Waals surface area contributed by atoms with E-state index in [9.17, 15) is 5.11 Å². The molecule has 4 rings (SSSR count). The molecular weight excluding hydrogens is 310 g/mol. The average molecular weight is 344 g/mol. The van der Waals surface area contributed by atoms with Crippen LogP contribution in [0.2, 0.25) is 0 Å². The Morgan fingerprint density at radius 2 is 2.12 bits per heavy atom. The van der Waals surface area contributed by atoms with E-state index in [1.54, 1.807) is 7.11 Å². The molecule has 1 aromatic carbocycles. The van der Waals surface area contributed by atoms with Crippen LogP contribution in [-0.2, 0) is 6.42 Å². The molecule has 0 aliphatic heterocycles. The summed E-state index contributed by atoms with van der Waals surface area (Å²) in [7, 11) is 1.73. The van der Waals surface area contributed by atoms with Gasteiger partial charge in [-0.05, 0) is 91.0 Å². The summed E-state index contributed by atoms with van der Waals surface area (Å²) >= 11 is 0. The average Bonchev–Trinajstić information content (AvgIpc) is 2.96. The fourth-order valence-electron chi connectivity index (χ4n) is 6.90. The van der Waals surface area contributed by atoms with Gasteiger partial charge >= 0.3 is 0 Å². The molecular formula is C22H33NO2. The van der Waals surface area contributed by atoms with E-state index in [0.29, 0.717) is 23.7 Å². The molecule has 7 atom stereocenters. The molecule has 1 aromatic rings. The lowest BCUT2D eigenvalue weighted by Gasteiger charge is -2.54. The normalized spacial score (nSPS) is 40.8. The largest absolute Gasteiger partial charge is 0.497 e. The van der Waals surface area contributed by atoms with E-state index >= 15 is 0 Å². The zero-order valence-corrected chi connectivity index (χ0v) is 15.9. The van der Waals surface area contributed by atoms with Crippen molar-refractivity contribution in [1.29, 1.82) is 0 Å². The van der Waals surface area contributed by atoms with Crippen molar-refractivity contribution < 1.29 is 9.84 Å². The zero-order valence-electron chi connectivity index (χ0n) is 15.9. The SMILES string of the molecule is COc1ccc2c(c1)CCC1C2[C@@H](O)C[C@]2(C)C(C(C)CN)CCC12. The Kier molecular flexibility index (Phi) is 4.36. The first-order valence-corrected chi connectivity index (χ1v) is 10.0. The highest BCUT2D eigenvalue weighted by atomic mass is 16.5. The first-order valence-electron chi connectivity index (χ1n) is 10.0. The Morgan fingerprint density at radius 1 is 1.32 bits per heavy atom. The lowest BCUT2D eigenvalue weighted by atomic mass is 9.52. The second-order valence-corrected chi connectivity index (χ2v) is 9.07. The number of methoxy groups -OCH3 is 1. The predicted octanol–water partition coefficient (Wildman–Crippen LogP) is 3.73. The van der Waals surface area contributed by atoms with E-state index < -0.39 is 0 Å². The Labute approximate surface area is 152 Å². The van der Waals surface area contributed by atoms with Crippen LogP contribution in [0.25, 0.3) is 0 Å². The van der Waals surface area contributed by atoms with Crippen LogP contribution in [0.4, 0.5) is 0 Å². The third-order valence-corrected chi connectivity index (χ3v) is 8.04. The number of aliphatic hydroxyl groups is 1. The van der Waals surface area contributed by atoms with E-state index in [2.05, 4.69) is 32.0 Å². The van der Waals surface area contributed by atoms with Crippen LogP contribution in [0.1, 0.15) is 56.6 Å². The van der Waals surface area contributed by atoms with Crippen molar-refractivity contribution in [2.75, 3.05) is 13.7 Å². The molecule has 3 heteroatoms. The van der Waals surface area contributed by atoms with Crippen LogP contribution >= 0.6 is 0 Å². The molecule has 3 aliphatic carbocycles. The van der Waals surface area contributed by atoms with Gasteiger partial charge in [0.1, 0.15) is 5.75 Å². The fraction of sp³-hybridized carbons (Fsp3) is 0.727. The molecule has 5 unspecified atom stereocenters. The smallest absolute Gasteiger partial charge is 0.119 e. The zero-order chi connectivity index (χ0) is 17.8. The number of benzene rings is 1. The number of hydrogen-bond donors (Lipinski definition) is 2. The second kappa shape index (κ2) is 6.28. The molecule has 3 aliphatic rings. The highest BCUT2D eigenvalue weighted by Crippen LogP contribution is 2.64. The minimum absolute atomic E-state index is 0.232. The molecule has 0 radical (unpaired) electrons. The van der Waals surface area contributed by atoms with Crippen molar-refractivity contribution in [2.45, 2.75) is 58.0 Å². The van der Waals surface area contributed by atoms with Gasteiger partial charge in [-0.25, -0.2) is 0 Å². The number of ether oxygens (including phenoxy) is 1. The number of fused-ring (bicyclic) bond motifs is 5. The van der Waals surface area contributed by atoms with Crippen molar-refractivity contribution in [3.8, 4) is 5.75 Å². The topological polar surface area (TPSA) is 55.5 Å². The standard InChI is InChI=1S/C22H33NO2/c1-13(12-23)18-8-9-19-17-6-4-14-10-15(25-3)5-7-16(14)21(17)20(24)11-22(18,19)2/h5,7,10,13,17-21,24H,4,6,8-9,11-12,23H2,1-3H3/t13?,17?,18?,19?,20-,21?,22+/m0/s1. The van der Waals surface area contributed by atoms with Crippen LogP contribution in [-0.4, -0.2) is 24.9 Å². The van der Waals surface area contributed by atoms with E-state index in [1.165, 1.54) is 30.4 Å². The fourth-order valence-corrected chi connectivity index (χ4v) is 6.90. The monoisotopic (exact) mass is 343 g/mol. The van der Waals surface area contributed by atoms with E-state index in [4.69, 9.17) is 10.5 Å². The van der Waals surface area contributed by atoms with Gasteiger partial charge in [-0.1, -0.05) is 19.9 Å². The number of nitrogens with two attached hydrogens (primary N) is 1. The van der Waals surface area contributed by atoms with Crippen molar-refractivity contribution in [3.63, 3.8) is 0 Å². The summed E-state index contributed by atoms with van der Waals surface area (Å²) in [6.45, 7) is 5.52. The highest BCUT2D eigenvalue weighted by Gasteiger charge is 2.58. The molecule has 3 nitrogen and oxygen atoms in total. The Hall–Kier alpha value is -1.06. The quantitative estimate of drug-likeness (QED) is 0.879. The summed E-state index contributed by atoms with van der Waals surface area (Å²) in [5.74, 6) is 3.80. The molecule has 25 heavy (non-hydrogen) atoms. The van der Waals surface area contributed by atoms with Gasteiger partial charge in [0.05, 0.1) is 13.2 Å². The summed E-state index contributed by atoms with van der Waals surface area (Å²) < 4.78 is 5.41. The molecule has 0 heterocycles. The molecule has 138 valence electrons. The lowest BCUT2D eigenvalue weighted by Crippen LogP contribution is -2.50. The van der Waals surface area contributed by atoms with Gasteiger partial charge in [0.25, 0.3) is 0 Å². The van der Waals surface area contributed by atoms with Crippen molar-refractivity contribution >= 4 is 0 Å². The number of aliphatic hydroxyl groups excluding tert-OH is 1. The summed E-state index contributed by atoms with van der Waals surface area (Å²) in [5.41, 5.74) is 9.03. The van der Waals surface area contributed by atoms with Crippen LogP contribution in [0, 0.1) is 29.1 Å². The second-order valence-electron chi connectivity index (χ2n) is 9.07. The lowest BCUT2D eigenvalue weighted by molar-refractivity contribution is -0.0628. The molecule has 0 spiro atoms. The Balaban J connectivity index is 1.68. The van der Waals surface area contributed by atoms with Gasteiger partial charge < -0.3 is 15.6 Å². The summed E-state index contributed by atoms with van der Waals surface area (Å²) in [6, 6.07) is 6.46. The third-order valence-electron chi connectivity index (χ3n) is 8.04.